The zero-order valence-corrected chi connectivity index (χ0v) is 13.8. The summed E-state index contributed by atoms with van der Waals surface area (Å²) in [6.07, 6.45) is 4.53. The fraction of sp³-hybridized carbons (Fsp3) is 0.688. The number of aromatic nitrogens is 2. The molecule has 0 aromatic carbocycles. The zero-order valence-electron chi connectivity index (χ0n) is 13.8. The van der Waals surface area contributed by atoms with Crippen LogP contribution in [0.5, 0.6) is 0 Å². The van der Waals surface area contributed by atoms with Crippen LogP contribution in [0.1, 0.15) is 32.9 Å². The summed E-state index contributed by atoms with van der Waals surface area (Å²) in [5.41, 5.74) is 1.08. The van der Waals surface area contributed by atoms with Gasteiger partial charge in [0.15, 0.2) is 0 Å². The molecule has 1 aliphatic rings. The Morgan fingerprint density at radius 3 is 2.77 bits per heavy atom. The Bertz CT molecular complexity index is 538. The van der Waals surface area contributed by atoms with Crippen LogP contribution in [0.25, 0.3) is 0 Å². The largest absolute Gasteiger partial charge is 0.449 e. The Labute approximate surface area is 131 Å². The van der Waals surface area contributed by atoms with Crippen molar-refractivity contribution < 1.29 is 14.3 Å². The Kier molecular flexibility index (Phi) is 5.21. The van der Waals surface area contributed by atoms with Crippen LogP contribution in [0.2, 0.25) is 0 Å². The summed E-state index contributed by atoms with van der Waals surface area (Å²) in [6.45, 7) is 6.70. The van der Waals surface area contributed by atoms with Gasteiger partial charge in [0.1, 0.15) is 0 Å². The normalized spacial score (nSPS) is 21.7. The highest BCUT2D eigenvalue weighted by Gasteiger charge is 2.43. The Morgan fingerprint density at radius 2 is 2.23 bits per heavy atom. The van der Waals surface area contributed by atoms with E-state index in [4.69, 9.17) is 4.74 Å². The van der Waals surface area contributed by atoms with Crippen molar-refractivity contribution in [2.45, 2.75) is 33.6 Å². The monoisotopic (exact) mass is 307 g/mol. The molecule has 0 unspecified atom stereocenters. The Balaban J connectivity index is 2.05. The van der Waals surface area contributed by atoms with Crippen LogP contribution >= 0.6 is 0 Å². The molecule has 2 atom stereocenters. The van der Waals surface area contributed by atoms with Gasteiger partial charge in [0, 0.05) is 31.4 Å². The van der Waals surface area contributed by atoms with Crippen molar-refractivity contribution in [1.82, 2.24) is 14.5 Å². The number of imide groups is 1. The third-order valence-electron chi connectivity index (χ3n) is 4.16. The lowest BCUT2D eigenvalue weighted by Crippen LogP contribution is -2.34. The maximum absolute atomic E-state index is 12.4. The summed E-state index contributed by atoms with van der Waals surface area (Å²) in [5.74, 6) is 0.151. The summed E-state index contributed by atoms with van der Waals surface area (Å²) in [6, 6.07) is 0. The molecular weight excluding hydrogens is 282 g/mol. The molecule has 1 aliphatic heterocycles. The second-order valence-corrected chi connectivity index (χ2v) is 6.39. The van der Waals surface area contributed by atoms with Crippen molar-refractivity contribution >= 4 is 12.0 Å². The lowest BCUT2D eigenvalue weighted by molar-refractivity contribution is -0.129. The Morgan fingerprint density at radius 1 is 1.50 bits per heavy atom. The molecule has 6 heteroatoms. The molecule has 2 amide bonds. The fourth-order valence-electron chi connectivity index (χ4n) is 2.90. The van der Waals surface area contributed by atoms with Gasteiger partial charge in [-0.3, -0.25) is 4.79 Å². The first-order chi connectivity index (χ1) is 10.4. The quantitative estimate of drug-likeness (QED) is 0.837. The average molecular weight is 307 g/mol. The zero-order chi connectivity index (χ0) is 16.3. The topological polar surface area (TPSA) is 64.4 Å². The molecule has 1 aromatic heterocycles. The lowest BCUT2D eigenvalue weighted by atomic mass is 9.89. The van der Waals surface area contributed by atoms with E-state index in [-0.39, 0.29) is 23.7 Å². The van der Waals surface area contributed by atoms with Crippen molar-refractivity contribution in [2.75, 3.05) is 13.2 Å². The lowest BCUT2D eigenvalue weighted by Gasteiger charge is -2.15. The van der Waals surface area contributed by atoms with Crippen molar-refractivity contribution in [2.24, 2.45) is 24.8 Å². The molecule has 1 fully saturated rings. The molecule has 0 saturated carbocycles. The molecule has 6 nitrogen and oxygen atoms in total. The van der Waals surface area contributed by atoms with Gasteiger partial charge in [0.05, 0.1) is 12.9 Å². The van der Waals surface area contributed by atoms with Crippen LogP contribution in [0, 0.1) is 17.8 Å². The van der Waals surface area contributed by atoms with Crippen molar-refractivity contribution in [1.29, 1.82) is 0 Å². The summed E-state index contributed by atoms with van der Waals surface area (Å²) in [7, 11) is 1.94. The first kappa shape index (κ1) is 16.5. The van der Waals surface area contributed by atoms with Gasteiger partial charge in [-0.1, -0.05) is 20.8 Å². The van der Waals surface area contributed by atoms with Gasteiger partial charge in [0.2, 0.25) is 5.91 Å². The first-order valence-electron chi connectivity index (χ1n) is 7.87. The van der Waals surface area contributed by atoms with Gasteiger partial charge in [-0.15, -0.1) is 0 Å². The van der Waals surface area contributed by atoms with Crippen LogP contribution in [0.15, 0.2) is 12.5 Å². The third-order valence-corrected chi connectivity index (χ3v) is 4.16. The van der Waals surface area contributed by atoms with Crippen LogP contribution < -0.4 is 0 Å². The summed E-state index contributed by atoms with van der Waals surface area (Å²) < 4.78 is 7.16. The number of amides is 2. The van der Waals surface area contributed by atoms with E-state index in [0.717, 1.165) is 18.5 Å². The van der Waals surface area contributed by atoms with E-state index in [9.17, 15) is 9.59 Å². The number of nitrogens with zero attached hydrogens (tertiary/aromatic N) is 3. The van der Waals surface area contributed by atoms with Crippen molar-refractivity contribution in [3.63, 3.8) is 0 Å². The van der Waals surface area contributed by atoms with Crippen LogP contribution in [-0.2, 0) is 23.0 Å². The highest BCUT2D eigenvalue weighted by atomic mass is 16.6. The van der Waals surface area contributed by atoms with Crippen LogP contribution in [0.4, 0.5) is 4.79 Å². The molecule has 0 N–H and O–H groups in total. The molecule has 1 aromatic rings. The van der Waals surface area contributed by atoms with E-state index in [1.807, 2.05) is 38.6 Å². The number of ether oxygens (including phenoxy) is 1. The van der Waals surface area contributed by atoms with Gasteiger partial charge in [-0.25, -0.2) is 14.7 Å². The third kappa shape index (κ3) is 3.48. The van der Waals surface area contributed by atoms with Gasteiger partial charge >= 0.3 is 6.09 Å². The maximum Gasteiger partial charge on any atom is 0.416 e. The smallest absolute Gasteiger partial charge is 0.416 e. The number of carbonyl (C=O) groups is 2. The molecule has 1 saturated heterocycles. The molecule has 0 aliphatic carbocycles. The van der Waals surface area contributed by atoms with Gasteiger partial charge in [0.25, 0.3) is 0 Å². The minimum absolute atomic E-state index is 0.108. The predicted octanol–water partition coefficient (Wildman–Crippen LogP) is 2.24. The van der Waals surface area contributed by atoms with E-state index >= 15 is 0 Å². The van der Waals surface area contributed by atoms with E-state index in [2.05, 4.69) is 4.98 Å². The van der Waals surface area contributed by atoms with Gasteiger partial charge in [-0.05, 0) is 24.7 Å². The summed E-state index contributed by atoms with van der Waals surface area (Å²) in [4.78, 5) is 29.9. The minimum atomic E-state index is -0.510. The number of aryl methyl sites for hydroxylation is 1. The number of hydrogen-bond donors (Lipinski definition) is 0. The van der Waals surface area contributed by atoms with E-state index < -0.39 is 6.09 Å². The molecule has 2 rings (SSSR count). The minimum Gasteiger partial charge on any atom is -0.449 e. The summed E-state index contributed by atoms with van der Waals surface area (Å²) in [5, 5.41) is 0. The molecule has 2 heterocycles. The number of imidazole rings is 1. The molecule has 0 bridgehead atoms. The SMILES string of the molecule is CC[C@H]1C(=O)N(C(=O)OCC(C)C)C[C@@H]1Cc1cncn1C. The molecule has 0 radical (unpaired) electrons. The van der Waals surface area contributed by atoms with Crippen molar-refractivity contribution in [3.05, 3.63) is 18.2 Å². The standard InChI is InChI=1S/C16H25N3O3/c1-5-14-12(6-13-7-17-10-18(13)4)8-19(15(14)20)16(21)22-9-11(2)3/h7,10-12,14H,5-6,8-9H2,1-4H3/t12-,14+/m0/s1. The van der Waals surface area contributed by atoms with Crippen LogP contribution in [0.3, 0.4) is 0 Å². The van der Waals surface area contributed by atoms with E-state index in [1.165, 1.54) is 4.90 Å². The highest BCUT2D eigenvalue weighted by Crippen LogP contribution is 2.30. The van der Waals surface area contributed by atoms with E-state index in [0.29, 0.717) is 13.2 Å². The maximum atomic E-state index is 12.4. The van der Waals surface area contributed by atoms with Gasteiger partial charge in [-0.2, -0.15) is 0 Å². The highest BCUT2D eigenvalue weighted by molar-refractivity contribution is 5.95. The molecule has 0 spiro atoms. The second-order valence-electron chi connectivity index (χ2n) is 6.39. The fourth-order valence-corrected chi connectivity index (χ4v) is 2.90. The number of carbonyl (C=O) groups excluding carboxylic acids is 2. The predicted molar refractivity (Wildman–Crippen MR) is 82.1 cm³/mol. The molecule has 122 valence electrons. The summed E-state index contributed by atoms with van der Waals surface area (Å²) >= 11 is 0. The van der Waals surface area contributed by atoms with E-state index in [1.54, 1.807) is 6.33 Å². The van der Waals surface area contributed by atoms with Crippen molar-refractivity contribution in [3.8, 4) is 0 Å². The number of rotatable bonds is 5. The molecule has 22 heavy (non-hydrogen) atoms. The van der Waals surface area contributed by atoms with Crippen LogP contribution in [-0.4, -0.2) is 39.6 Å². The number of hydrogen-bond acceptors (Lipinski definition) is 4. The Hall–Kier alpha value is -1.85. The van der Waals surface area contributed by atoms with Gasteiger partial charge < -0.3 is 9.30 Å². The second kappa shape index (κ2) is 6.94. The molecular formula is C16H25N3O3. The average Bonchev–Trinajstić information content (AvgIpc) is 3.01. The number of likely N-dealkylation sites (tertiary alicyclic amines) is 1. The first-order valence-corrected chi connectivity index (χ1v) is 7.87.